The Bertz CT molecular complexity index is 432. The zero-order valence-electron chi connectivity index (χ0n) is 10.8. The lowest BCUT2D eigenvalue weighted by molar-refractivity contribution is -0.00730. The van der Waals surface area contributed by atoms with Gasteiger partial charge < -0.3 is 10.8 Å². The lowest BCUT2D eigenvalue weighted by Crippen LogP contribution is -2.41. The second-order valence-electron chi connectivity index (χ2n) is 5.39. The standard InChI is InChI=1S/C14H21N3O/c1-14(18)5-7-17(8-6-14)10-11-3-2-4-12(9-11)13(15)16/h2-4,9,18H,5-8,10H2,1H3,(H3,15,16). The summed E-state index contributed by atoms with van der Waals surface area (Å²) in [4.78, 5) is 2.33. The van der Waals surface area contributed by atoms with Crippen LogP contribution in [0.1, 0.15) is 30.9 Å². The molecule has 0 atom stereocenters. The first-order valence-electron chi connectivity index (χ1n) is 6.34. The summed E-state index contributed by atoms with van der Waals surface area (Å²) in [6.45, 7) is 4.59. The molecule has 1 heterocycles. The SMILES string of the molecule is CC1(O)CCN(Cc2cccc(C(=N)N)c2)CC1. The minimum atomic E-state index is -0.502. The monoisotopic (exact) mass is 247 g/mol. The fraction of sp³-hybridized carbons (Fsp3) is 0.500. The van der Waals surface area contributed by atoms with Crippen LogP contribution >= 0.6 is 0 Å². The summed E-state index contributed by atoms with van der Waals surface area (Å²) in [5.74, 6) is 0.110. The van der Waals surface area contributed by atoms with E-state index in [4.69, 9.17) is 11.1 Å². The summed E-state index contributed by atoms with van der Waals surface area (Å²) < 4.78 is 0. The topological polar surface area (TPSA) is 73.3 Å². The Hall–Kier alpha value is -1.39. The van der Waals surface area contributed by atoms with Gasteiger partial charge in [0.1, 0.15) is 5.84 Å². The Kier molecular flexibility index (Phi) is 3.68. The molecule has 0 spiro atoms. The summed E-state index contributed by atoms with van der Waals surface area (Å²) in [6, 6.07) is 7.81. The van der Waals surface area contributed by atoms with Gasteiger partial charge >= 0.3 is 0 Å². The Labute approximate surface area is 108 Å². The van der Waals surface area contributed by atoms with Crippen molar-refractivity contribution in [2.75, 3.05) is 13.1 Å². The Morgan fingerprint density at radius 1 is 1.44 bits per heavy atom. The molecule has 0 bridgehead atoms. The maximum Gasteiger partial charge on any atom is 0.122 e. The fourth-order valence-electron chi connectivity index (χ4n) is 2.29. The van der Waals surface area contributed by atoms with E-state index < -0.39 is 5.60 Å². The highest BCUT2D eigenvalue weighted by molar-refractivity contribution is 5.95. The number of benzene rings is 1. The number of amidine groups is 1. The minimum absolute atomic E-state index is 0.110. The number of hydrogen-bond acceptors (Lipinski definition) is 3. The average Bonchev–Trinajstić information content (AvgIpc) is 2.32. The molecule has 98 valence electrons. The van der Waals surface area contributed by atoms with Crippen LogP contribution in [0, 0.1) is 5.41 Å². The predicted molar refractivity (Wildman–Crippen MR) is 72.6 cm³/mol. The highest BCUT2D eigenvalue weighted by Gasteiger charge is 2.27. The van der Waals surface area contributed by atoms with E-state index in [1.54, 1.807) is 0 Å². The molecule has 1 aliphatic heterocycles. The zero-order chi connectivity index (χ0) is 13.2. The molecule has 1 aromatic rings. The quantitative estimate of drug-likeness (QED) is 0.557. The normalized spacial score (nSPS) is 19.7. The van der Waals surface area contributed by atoms with Gasteiger partial charge in [0, 0.05) is 25.2 Å². The van der Waals surface area contributed by atoms with Gasteiger partial charge in [-0.3, -0.25) is 10.3 Å². The summed E-state index contributed by atoms with van der Waals surface area (Å²) in [7, 11) is 0. The van der Waals surface area contributed by atoms with Crippen molar-refractivity contribution in [3.05, 3.63) is 35.4 Å². The molecular formula is C14H21N3O. The van der Waals surface area contributed by atoms with Crippen molar-refractivity contribution in [1.29, 1.82) is 5.41 Å². The van der Waals surface area contributed by atoms with Gasteiger partial charge in [-0.1, -0.05) is 18.2 Å². The van der Waals surface area contributed by atoms with Crippen molar-refractivity contribution < 1.29 is 5.11 Å². The molecule has 1 aliphatic rings. The molecule has 0 amide bonds. The maximum absolute atomic E-state index is 9.90. The van der Waals surface area contributed by atoms with Crippen molar-refractivity contribution >= 4 is 5.84 Å². The van der Waals surface area contributed by atoms with Crippen LogP contribution in [0.25, 0.3) is 0 Å². The lowest BCUT2D eigenvalue weighted by atomic mass is 9.93. The van der Waals surface area contributed by atoms with Crippen LogP contribution in [0.2, 0.25) is 0 Å². The first-order chi connectivity index (χ1) is 8.46. The smallest absolute Gasteiger partial charge is 0.122 e. The number of rotatable bonds is 3. The molecule has 0 aliphatic carbocycles. The molecule has 4 heteroatoms. The third-order valence-corrected chi connectivity index (χ3v) is 3.58. The van der Waals surface area contributed by atoms with E-state index in [9.17, 15) is 5.11 Å². The van der Waals surface area contributed by atoms with Crippen LogP contribution in [0.4, 0.5) is 0 Å². The van der Waals surface area contributed by atoms with E-state index >= 15 is 0 Å². The lowest BCUT2D eigenvalue weighted by Gasteiger charge is -2.35. The molecular weight excluding hydrogens is 226 g/mol. The number of hydrogen-bond donors (Lipinski definition) is 3. The van der Waals surface area contributed by atoms with Gasteiger partial charge in [0.2, 0.25) is 0 Å². The molecule has 2 rings (SSSR count). The molecule has 0 unspecified atom stereocenters. The number of piperidine rings is 1. The van der Waals surface area contributed by atoms with E-state index in [-0.39, 0.29) is 5.84 Å². The van der Waals surface area contributed by atoms with Crippen LogP contribution < -0.4 is 5.73 Å². The maximum atomic E-state index is 9.90. The molecule has 1 saturated heterocycles. The molecule has 18 heavy (non-hydrogen) atoms. The highest BCUT2D eigenvalue weighted by Crippen LogP contribution is 2.22. The second-order valence-corrected chi connectivity index (χ2v) is 5.39. The van der Waals surface area contributed by atoms with Crippen molar-refractivity contribution in [3.8, 4) is 0 Å². The van der Waals surface area contributed by atoms with Gasteiger partial charge in [-0.15, -0.1) is 0 Å². The third-order valence-electron chi connectivity index (χ3n) is 3.58. The Balaban J connectivity index is 1.98. The van der Waals surface area contributed by atoms with Crippen molar-refractivity contribution in [2.45, 2.75) is 31.9 Å². The molecule has 4 nitrogen and oxygen atoms in total. The van der Waals surface area contributed by atoms with Crippen LogP contribution in [-0.2, 0) is 6.54 Å². The number of nitrogens with two attached hydrogens (primary N) is 1. The second kappa shape index (κ2) is 5.08. The Morgan fingerprint density at radius 2 is 2.11 bits per heavy atom. The van der Waals surface area contributed by atoms with Crippen molar-refractivity contribution in [3.63, 3.8) is 0 Å². The van der Waals surface area contributed by atoms with Crippen molar-refractivity contribution in [1.82, 2.24) is 4.90 Å². The average molecular weight is 247 g/mol. The summed E-state index contributed by atoms with van der Waals surface area (Å²) in [5, 5.41) is 17.3. The zero-order valence-corrected chi connectivity index (χ0v) is 10.8. The number of nitrogen functional groups attached to an aromatic ring is 1. The summed E-state index contributed by atoms with van der Waals surface area (Å²) in [6.07, 6.45) is 1.64. The molecule has 0 aromatic heterocycles. The Morgan fingerprint density at radius 3 is 2.72 bits per heavy atom. The van der Waals surface area contributed by atoms with Gasteiger partial charge in [-0.25, -0.2) is 0 Å². The van der Waals surface area contributed by atoms with Gasteiger partial charge in [-0.2, -0.15) is 0 Å². The first-order valence-corrected chi connectivity index (χ1v) is 6.34. The van der Waals surface area contributed by atoms with Crippen LogP contribution in [0.15, 0.2) is 24.3 Å². The van der Waals surface area contributed by atoms with E-state index in [0.717, 1.165) is 38.0 Å². The largest absolute Gasteiger partial charge is 0.390 e. The van der Waals surface area contributed by atoms with E-state index in [1.807, 2.05) is 25.1 Å². The van der Waals surface area contributed by atoms with E-state index in [0.29, 0.717) is 0 Å². The molecule has 4 N–H and O–H groups in total. The van der Waals surface area contributed by atoms with Crippen LogP contribution in [0.5, 0.6) is 0 Å². The molecule has 0 radical (unpaired) electrons. The van der Waals surface area contributed by atoms with Crippen LogP contribution in [-0.4, -0.2) is 34.5 Å². The molecule has 0 saturated carbocycles. The number of likely N-dealkylation sites (tertiary alicyclic amines) is 1. The fourth-order valence-corrected chi connectivity index (χ4v) is 2.29. The van der Waals surface area contributed by atoms with Crippen LogP contribution in [0.3, 0.4) is 0 Å². The minimum Gasteiger partial charge on any atom is -0.390 e. The van der Waals surface area contributed by atoms with E-state index in [2.05, 4.69) is 11.0 Å². The molecule has 1 aromatic carbocycles. The highest BCUT2D eigenvalue weighted by atomic mass is 16.3. The van der Waals surface area contributed by atoms with E-state index in [1.165, 1.54) is 5.56 Å². The number of nitrogens with one attached hydrogen (secondary N) is 1. The molecule has 1 fully saturated rings. The van der Waals surface area contributed by atoms with Gasteiger partial charge in [0.05, 0.1) is 5.60 Å². The number of nitrogens with zero attached hydrogens (tertiary/aromatic N) is 1. The summed E-state index contributed by atoms with van der Waals surface area (Å²) >= 11 is 0. The van der Waals surface area contributed by atoms with Crippen molar-refractivity contribution in [2.24, 2.45) is 5.73 Å². The van der Waals surface area contributed by atoms with Gasteiger partial charge in [0.15, 0.2) is 0 Å². The predicted octanol–water partition coefficient (Wildman–Crippen LogP) is 1.32. The number of aliphatic hydroxyl groups is 1. The third kappa shape index (κ3) is 3.31. The summed E-state index contributed by atoms with van der Waals surface area (Å²) in [5.41, 5.74) is 6.93. The van der Waals surface area contributed by atoms with Gasteiger partial charge in [-0.05, 0) is 31.4 Å². The van der Waals surface area contributed by atoms with Gasteiger partial charge in [0.25, 0.3) is 0 Å². The first kappa shape index (κ1) is 13.1.